The SMILES string of the molecule is CC(C)CC[C@]1(C)O[C@H]2CC(=O)OC[C@]23[C@H]2CC[C@]4(C)[C@]56O[C@@H]5C(=O)O[C@]4(c4ccoc4C[C@@H]4[C@H]5C[C@H]7C=CN8CNC[C@H]8[C@@H]7C[C@@H]5CC[C@H]4O)CC#C[C@@H]4CC[C@H](Cc5ccccc5)C[C@@H]4[C@@]26[C@H](O)C(=O)[C@@H]31. The quantitative estimate of drug-likeness (QED) is 0.135. The molecule has 3 spiro atoms. The van der Waals surface area contributed by atoms with Crippen LogP contribution in [0.2, 0.25) is 0 Å². The third-order valence-corrected chi connectivity index (χ3v) is 23.2. The minimum atomic E-state index is -1.52. The second-order valence-corrected chi connectivity index (χ2v) is 26.5. The first kappa shape index (κ1) is 47.5. The van der Waals surface area contributed by atoms with Gasteiger partial charge in [-0.1, -0.05) is 69.0 Å². The summed E-state index contributed by atoms with van der Waals surface area (Å²) in [5.74, 6) is 7.80. The fraction of sp³-hybridized carbons (Fsp3) is 0.721. The van der Waals surface area contributed by atoms with Crippen molar-refractivity contribution in [3.8, 4) is 11.8 Å². The summed E-state index contributed by atoms with van der Waals surface area (Å²) >= 11 is 0. The number of rotatable bonds is 8. The zero-order chi connectivity index (χ0) is 50.0. The summed E-state index contributed by atoms with van der Waals surface area (Å²) in [6, 6.07) is 13.1. The van der Waals surface area contributed by atoms with Gasteiger partial charge in [-0.15, -0.1) is 0 Å². The number of fused-ring (bicyclic) bond motifs is 5. The molecular weight excluding hydrogens is 921 g/mol. The zero-order valence-electron chi connectivity index (χ0n) is 43.3. The lowest BCUT2D eigenvalue weighted by Crippen LogP contribution is -2.81. The maximum Gasteiger partial charge on any atom is 0.339 e. The first-order valence-electron chi connectivity index (χ1n) is 28.6. The molecule has 1 aromatic heterocycles. The number of carbonyl (C=O) groups excluding carboxylic acids is 3. The summed E-state index contributed by atoms with van der Waals surface area (Å²) in [7, 11) is 0. The molecule has 12 heteroatoms. The third-order valence-electron chi connectivity index (χ3n) is 23.2. The summed E-state index contributed by atoms with van der Waals surface area (Å²) < 4.78 is 34.7. The highest BCUT2D eigenvalue weighted by molar-refractivity contribution is 5.92. The van der Waals surface area contributed by atoms with Gasteiger partial charge in [0.15, 0.2) is 17.5 Å². The van der Waals surface area contributed by atoms with Crippen LogP contribution in [0.4, 0.5) is 0 Å². The molecule has 10 fully saturated rings. The van der Waals surface area contributed by atoms with Crippen molar-refractivity contribution < 1.29 is 48.0 Å². The molecule has 3 N–H and O–H groups in total. The Hall–Kier alpha value is -3.99. The van der Waals surface area contributed by atoms with Crippen molar-refractivity contribution in [1.29, 1.82) is 0 Å². The number of furan rings is 1. The van der Waals surface area contributed by atoms with Gasteiger partial charge in [0.1, 0.15) is 24.1 Å². The Morgan fingerprint density at radius 2 is 1.79 bits per heavy atom. The molecule has 1 aromatic carbocycles. The molecule has 4 bridgehead atoms. The molecule has 6 aliphatic carbocycles. The van der Waals surface area contributed by atoms with Crippen LogP contribution in [-0.2, 0) is 51.8 Å². The number of nitrogens with zero attached hydrogens (tertiary/aromatic N) is 1. The number of hydrogen-bond acceptors (Lipinski definition) is 12. The number of hydrogen-bond donors (Lipinski definition) is 3. The van der Waals surface area contributed by atoms with E-state index < -0.39 is 75.3 Å². The van der Waals surface area contributed by atoms with Crippen LogP contribution in [0, 0.1) is 93.2 Å². The summed E-state index contributed by atoms with van der Waals surface area (Å²) in [6.45, 7) is 10.5. The van der Waals surface area contributed by atoms with E-state index in [-0.39, 0.29) is 54.9 Å². The molecule has 0 radical (unpaired) electrons. The summed E-state index contributed by atoms with van der Waals surface area (Å²) in [5.41, 5.74) is -4.99. The van der Waals surface area contributed by atoms with E-state index in [2.05, 4.69) is 79.4 Å². The van der Waals surface area contributed by atoms with Gasteiger partial charge in [0.2, 0.25) is 0 Å². The predicted octanol–water partition coefficient (Wildman–Crippen LogP) is 7.67. The van der Waals surface area contributed by atoms with Crippen molar-refractivity contribution in [1.82, 2.24) is 10.2 Å². The highest BCUT2D eigenvalue weighted by Crippen LogP contribution is 2.84. The average molecular weight is 997 g/mol. The molecule has 2 aromatic rings. The lowest BCUT2D eigenvalue weighted by Gasteiger charge is -2.71. The number of nitrogens with one attached hydrogen (secondary N) is 1. The maximum absolute atomic E-state index is 16.3. The van der Waals surface area contributed by atoms with Crippen LogP contribution in [0.3, 0.4) is 0 Å². The molecule has 5 saturated heterocycles. The number of aliphatic hydroxyl groups is 2. The van der Waals surface area contributed by atoms with E-state index in [1.165, 1.54) is 5.56 Å². The van der Waals surface area contributed by atoms with Crippen LogP contribution < -0.4 is 5.32 Å². The lowest BCUT2D eigenvalue weighted by molar-refractivity contribution is -0.295. The van der Waals surface area contributed by atoms with Crippen molar-refractivity contribution in [2.24, 2.45) is 81.3 Å². The molecule has 12 nitrogen and oxygen atoms in total. The second kappa shape index (κ2) is 16.5. The third kappa shape index (κ3) is 6.24. The Morgan fingerprint density at radius 1 is 0.945 bits per heavy atom. The van der Waals surface area contributed by atoms with Gasteiger partial charge in [-0.25, -0.2) is 4.79 Å². The van der Waals surface area contributed by atoms with Crippen LogP contribution in [-0.4, -0.2) is 94.3 Å². The maximum atomic E-state index is 16.3. The largest absolute Gasteiger partial charge is 0.469 e. The Morgan fingerprint density at radius 3 is 2.63 bits per heavy atom. The van der Waals surface area contributed by atoms with Crippen molar-refractivity contribution in [2.75, 3.05) is 19.8 Å². The summed E-state index contributed by atoms with van der Waals surface area (Å²) in [4.78, 5) is 47.8. The topological polar surface area (TPSA) is 160 Å². The minimum Gasteiger partial charge on any atom is -0.469 e. The highest BCUT2D eigenvalue weighted by atomic mass is 16.7. The van der Waals surface area contributed by atoms with Crippen molar-refractivity contribution in [3.05, 3.63) is 71.8 Å². The number of ketones is 1. The predicted molar refractivity (Wildman–Crippen MR) is 267 cm³/mol. The van der Waals surface area contributed by atoms with Gasteiger partial charge in [-0.2, -0.15) is 0 Å². The normalized spacial score (nSPS) is 49.6. The monoisotopic (exact) mass is 997 g/mol. The molecule has 6 aliphatic heterocycles. The summed E-state index contributed by atoms with van der Waals surface area (Å²) in [5, 5.41) is 29.7. The van der Waals surface area contributed by atoms with Crippen LogP contribution in [0.1, 0.15) is 128 Å². The molecule has 0 unspecified atom stereocenters. The number of aliphatic hydroxyl groups excluding tert-OH is 2. The van der Waals surface area contributed by atoms with Crippen molar-refractivity contribution in [2.45, 2.75) is 171 Å². The molecule has 390 valence electrons. The molecular formula is C61H76N2O10. The second-order valence-electron chi connectivity index (χ2n) is 26.5. The van der Waals surface area contributed by atoms with E-state index in [4.69, 9.17) is 23.4 Å². The van der Waals surface area contributed by atoms with E-state index in [9.17, 15) is 15.0 Å². The van der Waals surface area contributed by atoms with Crippen molar-refractivity contribution in [3.63, 3.8) is 0 Å². The average Bonchev–Trinajstić information content (AvgIpc) is 3.76. The van der Waals surface area contributed by atoms with Crippen LogP contribution >= 0.6 is 0 Å². The Bertz CT molecular complexity index is 2670. The van der Waals surface area contributed by atoms with Gasteiger partial charge in [-0.05, 0) is 155 Å². The van der Waals surface area contributed by atoms with Crippen molar-refractivity contribution >= 4 is 17.7 Å². The van der Waals surface area contributed by atoms with Crippen LogP contribution in [0.5, 0.6) is 0 Å². The van der Waals surface area contributed by atoms with E-state index >= 15 is 9.59 Å². The van der Waals surface area contributed by atoms with E-state index in [1.54, 1.807) is 6.26 Å². The van der Waals surface area contributed by atoms with E-state index in [0.717, 1.165) is 70.1 Å². The molecule has 12 aliphatic rings. The van der Waals surface area contributed by atoms with Gasteiger partial charge in [0.25, 0.3) is 0 Å². The number of cyclic esters (lactones) is 1. The molecule has 5 saturated carbocycles. The number of epoxide rings is 1. The van der Waals surface area contributed by atoms with Gasteiger partial charge in [0.05, 0.1) is 49.5 Å². The molecule has 7 heterocycles. The molecule has 21 atom stereocenters. The minimum absolute atomic E-state index is 0.0117. The van der Waals surface area contributed by atoms with Gasteiger partial charge >= 0.3 is 11.9 Å². The van der Waals surface area contributed by atoms with E-state index in [0.29, 0.717) is 73.5 Å². The highest BCUT2D eigenvalue weighted by Gasteiger charge is 2.95. The first-order valence-corrected chi connectivity index (χ1v) is 28.6. The van der Waals surface area contributed by atoms with E-state index in [1.807, 2.05) is 19.1 Å². The number of Topliss-reactive ketones (excluding diaryl/α,β-unsaturated/α-hetero) is 1. The number of carbonyl (C=O) groups is 3. The summed E-state index contributed by atoms with van der Waals surface area (Å²) in [6.07, 6.45) is 13.2. The van der Waals surface area contributed by atoms with Gasteiger partial charge in [0, 0.05) is 46.7 Å². The number of ether oxygens (including phenoxy) is 4. The molecule has 0 amide bonds. The number of esters is 2. The standard InChI is InChI=1S/C61H76N2O10/c1-34(2)16-21-56(3)52-51(66)53(67)60-44-26-36(25-35-9-6-5-7-10-35)12-13-37(44)11-8-20-59(57(4,61(60)54(72-61)55(68)73-59)22-17-48(60)58(52)32-70-50(65)30-49(58)71-56)43-19-24-69-47(43)29-42-40-27-39-18-23-63-33-62-31-45(63)41(39)28-38(40)14-15-46(42)64/h5-7,9-10,18-19,23-24,34,36-42,44-46,48-49,52-54,62,64,67H,12-17,20-22,25-33H2,1-4H3/t36-,37-,38+,39-,40+,41-,42-,44+,45+,46-,48-,49+,52-,53-,54-,56+,57+,58+,59+,60+,61-/m1/s1. The Labute approximate surface area is 430 Å². The van der Waals surface area contributed by atoms with Gasteiger partial charge in [-0.3, -0.25) is 14.9 Å². The molecule has 14 rings (SSSR count). The number of benzene rings is 1. The van der Waals surface area contributed by atoms with Crippen LogP contribution in [0.15, 0.2) is 59.4 Å². The molecule has 73 heavy (non-hydrogen) atoms. The fourth-order valence-electron chi connectivity index (χ4n) is 20.3. The zero-order valence-corrected chi connectivity index (χ0v) is 43.3. The Kier molecular flexibility index (Phi) is 10.7. The lowest BCUT2D eigenvalue weighted by atomic mass is 9.31. The van der Waals surface area contributed by atoms with Gasteiger partial charge < -0.3 is 38.5 Å². The first-order chi connectivity index (χ1) is 35.2. The fourth-order valence-corrected chi connectivity index (χ4v) is 20.3. The Balaban J connectivity index is 0.914. The number of allylic oxidation sites excluding steroid dienone is 1. The van der Waals surface area contributed by atoms with Crippen LogP contribution in [0.25, 0.3) is 0 Å². The smallest absolute Gasteiger partial charge is 0.339 e.